The van der Waals surface area contributed by atoms with Crippen molar-refractivity contribution >= 4 is 11.8 Å². The van der Waals surface area contributed by atoms with Gasteiger partial charge in [0.2, 0.25) is 11.8 Å². The zero-order valence-corrected chi connectivity index (χ0v) is 10.6. The Balaban J connectivity index is 2.03. The number of nitrogens with one attached hydrogen (secondary N) is 2. The molecule has 1 saturated carbocycles. The van der Waals surface area contributed by atoms with Gasteiger partial charge >= 0.3 is 0 Å². The lowest BCUT2D eigenvalue weighted by molar-refractivity contribution is -0.122. The van der Waals surface area contributed by atoms with Crippen LogP contribution >= 0.6 is 0 Å². The van der Waals surface area contributed by atoms with Crippen LogP contribution in [0.2, 0.25) is 0 Å². The van der Waals surface area contributed by atoms with E-state index >= 15 is 0 Å². The van der Waals surface area contributed by atoms with Gasteiger partial charge in [-0.2, -0.15) is 0 Å². The predicted octanol–water partition coefficient (Wildman–Crippen LogP) is 1.35. The first kappa shape index (κ1) is 12.4. The number of hydrogen-bond donors (Lipinski definition) is 2. The minimum absolute atomic E-state index is 0.0573. The first-order valence-corrected chi connectivity index (χ1v) is 6.72. The van der Waals surface area contributed by atoms with E-state index in [1.807, 2.05) is 6.92 Å². The lowest BCUT2D eigenvalue weighted by Gasteiger charge is -2.37. The van der Waals surface area contributed by atoms with Crippen LogP contribution in [0.4, 0.5) is 0 Å². The van der Waals surface area contributed by atoms with Crippen molar-refractivity contribution in [2.75, 3.05) is 6.54 Å². The second-order valence-corrected chi connectivity index (χ2v) is 5.38. The molecular formula is C13H22N2O2. The summed E-state index contributed by atoms with van der Waals surface area (Å²) < 4.78 is 0. The zero-order valence-electron chi connectivity index (χ0n) is 10.6. The van der Waals surface area contributed by atoms with Crippen LogP contribution in [0.25, 0.3) is 0 Å². The molecule has 2 N–H and O–H groups in total. The Labute approximate surface area is 103 Å². The summed E-state index contributed by atoms with van der Waals surface area (Å²) in [7, 11) is 0. The molecule has 1 heterocycles. The van der Waals surface area contributed by atoms with Gasteiger partial charge in [0.25, 0.3) is 0 Å². The van der Waals surface area contributed by atoms with Gasteiger partial charge in [-0.05, 0) is 25.2 Å². The predicted molar refractivity (Wildman–Crippen MR) is 65.4 cm³/mol. The van der Waals surface area contributed by atoms with Crippen molar-refractivity contribution in [2.24, 2.45) is 5.41 Å². The van der Waals surface area contributed by atoms with E-state index in [1.54, 1.807) is 0 Å². The van der Waals surface area contributed by atoms with Crippen LogP contribution in [-0.4, -0.2) is 24.4 Å². The third kappa shape index (κ3) is 2.61. The molecular weight excluding hydrogens is 216 g/mol. The van der Waals surface area contributed by atoms with Crippen LogP contribution < -0.4 is 10.6 Å². The molecule has 1 saturated heterocycles. The number of amides is 2. The maximum atomic E-state index is 11.7. The molecule has 1 atom stereocenters. The molecule has 1 aliphatic carbocycles. The first-order valence-electron chi connectivity index (χ1n) is 6.72. The Morgan fingerprint density at radius 2 is 2.12 bits per heavy atom. The third-order valence-corrected chi connectivity index (χ3v) is 4.20. The summed E-state index contributed by atoms with van der Waals surface area (Å²) in [4.78, 5) is 23.3. The van der Waals surface area contributed by atoms with Crippen molar-refractivity contribution in [1.29, 1.82) is 0 Å². The average Bonchev–Trinajstić information content (AvgIpc) is 2.56. The molecule has 0 aromatic rings. The summed E-state index contributed by atoms with van der Waals surface area (Å²) in [6.07, 6.45) is 6.91. The molecule has 2 fully saturated rings. The van der Waals surface area contributed by atoms with E-state index in [-0.39, 0.29) is 23.3 Å². The van der Waals surface area contributed by atoms with Crippen molar-refractivity contribution in [3.8, 4) is 0 Å². The second-order valence-electron chi connectivity index (χ2n) is 5.38. The van der Waals surface area contributed by atoms with E-state index in [0.717, 1.165) is 12.8 Å². The van der Waals surface area contributed by atoms with Gasteiger partial charge in [0.1, 0.15) is 0 Å². The molecule has 4 heteroatoms. The number of hydrogen-bond acceptors (Lipinski definition) is 2. The summed E-state index contributed by atoms with van der Waals surface area (Å²) in [6.45, 7) is 2.58. The van der Waals surface area contributed by atoms with Crippen molar-refractivity contribution in [3.63, 3.8) is 0 Å². The van der Waals surface area contributed by atoms with Crippen LogP contribution in [0.3, 0.4) is 0 Å². The molecule has 1 aliphatic heterocycles. The fraction of sp³-hybridized carbons (Fsp3) is 0.846. The smallest absolute Gasteiger partial charge is 0.222 e. The van der Waals surface area contributed by atoms with Gasteiger partial charge in [-0.15, -0.1) is 0 Å². The molecule has 0 bridgehead atoms. The van der Waals surface area contributed by atoms with E-state index in [1.165, 1.54) is 19.3 Å². The quantitative estimate of drug-likeness (QED) is 0.779. The molecule has 2 amide bonds. The van der Waals surface area contributed by atoms with E-state index in [0.29, 0.717) is 19.4 Å². The monoisotopic (exact) mass is 238 g/mol. The standard InChI is InChI=1S/C13H22N2O2/c1-2-14-11(16)8-10-13(9-12(17)15-10)6-4-3-5-7-13/h10H,2-9H2,1H3,(H,14,16)(H,15,17). The Bertz CT molecular complexity index is 309. The minimum Gasteiger partial charge on any atom is -0.356 e. The highest BCUT2D eigenvalue weighted by Gasteiger charge is 2.47. The van der Waals surface area contributed by atoms with Gasteiger partial charge in [0, 0.05) is 25.4 Å². The summed E-state index contributed by atoms with van der Waals surface area (Å²) in [5, 5.41) is 5.82. The van der Waals surface area contributed by atoms with Gasteiger partial charge in [-0.3, -0.25) is 9.59 Å². The highest BCUT2D eigenvalue weighted by molar-refractivity contribution is 5.83. The lowest BCUT2D eigenvalue weighted by Crippen LogP contribution is -2.42. The summed E-state index contributed by atoms with van der Waals surface area (Å²) in [6, 6.07) is 0.0573. The minimum atomic E-state index is 0.0573. The molecule has 17 heavy (non-hydrogen) atoms. The van der Waals surface area contributed by atoms with Crippen LogP contribution in [0, 0.1) is 5.41 Å². The molecule has 2 rings (SSSR count). The fourth-order valence-corrected chi connectivity index (χ4v) is 3.34. The second kappa shape index (κ2) is 5.07. The topological polar surface area (TPSA) is 58.2 Å². The van der Waals surface area contributed by atoms with E-state index < -0.39 is 0 Å². The van der Waals surface area contributed by atoms with Crippen molar-refractivity contribution in [2.45, 2.75) is 57.9 Å². The third-order valence-electron chi connectivity index (χ3n) is 4.20. The summed E-state index contributed by atoms with van der Waals surface area (Å²) >= 11 is 0. The van der Waals surface area contributed by atoms with Gasteiger partial charge in [-0.25, -0.2) is 0 Å². The highest BCUT2D eigenvalue weighted by atomic mass is 16.2. The molecule has 2 aliphatic rings. The Morgan fingerprint density at radius 1 is 1.41 bits per heavy atom. The molecule has 1 unspecified atom stereocenters. The van der Waals surface area contributed by atoms with Crippen molar-refractivity contribution in [1.82, 2.24) is 10.6 Å². The number of rotatable bonds is 3. The summed E-state index contributed by atoms with van der Waals surface area (Å²) in [5.74, 6) is 0.186. The average molecular weight is 238 g/mol. The Hall–Kier alpha value is -1.06. The van der Waals surface area contributed by atoms with Gasteiger partial charge in [0.05, 0.1) is 0 Å². The Kier molecular flexibility index (Phi) is 3.69. The summed E-state index contributed by atoms with van der Waals surface area (Å²) in [5.41, 5.74) is 0.0699. The Morgan fingerprint density at radius 3 is 2.76 bits per heavy atom. The van der Waals surface area contributed by atoms with Gasteiger partial charge < -0.3 is 10.6 Å². The largest absolute Gasteiger partial charge is 0.356 e. The molecule has 0 radical (unpaired) electrons. The highest BCUT2D eigenvalue weighted by Crippen LogP contribution is 2.46. The lowest BCUT2D eigenvalue weighted by atomic mass is 9.68. The van der Waals surface area contributed by atoms with Crippen molar-refractivity contribution in [3.05, 3.63) is 0 Å². The van der Waals surface area contributed by atoms with E-state index in [9.17, 15) is 9.59 Å². The molecule has 0 aromatic heterocycles. The number of carbonyl (C=O) groups excluding carboxylic acids is 2. The zero-order chi connectivity index (χ0) is 12.3. The first-order chi connectivity index (χ1) is 8.16. The normalized spacial score (nSPS) is 26.9. The van der Waals surface area contributed by atoms with Crippen LogP contribution in [0.15, 0.2) is 0 Å². The van der Waals surface area contributed by atoms with E-state index in [2.05, 4.69) is 10.6 Å². The van der Waals surface area contributed by atoms with Gasteiger partial charge in [0.15, 0.2) is 0 Å². The van der Waals surface area contributed by atoms with Crippen molar-refractivity contribution < 1.29 is 9.59 Å². The number of carbonyl (C=O) groups is 2. The molecule has 96 valence electrons. The molecule has 0 aromatic carbocycles. The van der Waals surface area contributed by atoms with Crippen LogP contribution in [0.5, 0.6) is 0 Å². The van der Waals surface area contributed by atoms with E-state index in [4.69, 9.17) is 0 Å². The molecule has 1 spiro atoms. The maximum Gasteiger partial charge on any atom is 0.222 e. The van der Waals surface area contributed by atoms with Crippen LogP contribution in [0.1, 0.15) is 51.9 Å². The maximum absolute atomic E-state index is 11.7. The molecule has 4 nitrogen and oxygen atoms in total. The van der Waals surface area contributed by atoms with Gasteiger partial charge in [-0.1, -0.05) is 19.3 Å². The van der Waals surface area contributed by atoms with Crippen LogP contribution in [-0.2, 0) is 9.59 Å². The SMILES string of the molecule is CCNC(=O)CC1NC(=O)CC12CCCCC2. The fourth-order valence-electron chi connectivity index (χ4n) is 3.34.